The Morgan fingerprint density at radius 2 is 1.92 bits per heavy atom. The summed E-state index contributed by atoms with van der Waals surface area (Å²) in [6.07, 6.45) is 3.16. The molecule has 2 rings (SSSR count). The van der Waals surface area contributed by atoms with E-state index in [4.69, 9.17) is 9.47 Å². The predicted octanol–water partition coefficient (Wildman–Crippen LogP) is 4.39. The number of rotatable bonds is 6. The highest BCUT2D eigenvalue weighted by Crippen LogP contribution is 2.68. The van der Waals surface area contributed by atoms with Crippen LogP contribution in [0.4, 0.5) is 4.79 Å². The second-order valence-corrected chi connectivity index (χ2v) is 10.6. The van der Waals surface area contributed by atoms with Crippen LogP contribution in [0.2, 0.25) is 0 Å². The Kier molecular flexibility index (Phi) is 6.26. The van der Waals surface area contributed by atoms with Crippen LogP contribution >= 0.6 is 11.8 Å². The van der Waals surface area contributed by atoms with Crippen molar-refractivity contribution in [3.8, 4) is 0 Å². The van der Waals surface area contributed by atoms with E-state index in [1.165, 1.54) is 19.3 Å². The van der Waals surface area contributed by atoms with E-state index in [0.717, 1.165) is 5.92 Å². The highest BCUT2D eigenvalue weighted by Gasteiger charge is 2.61. The van der Waals surface area contributed by atoms with Gasteiger partial charge in [-0.15, -0.1) is 0 Å². The number of nitrogens with one attached hydrogen (secondary N) is 1. The molecular weight excluding hydrogens is 350 g/mol. The predicted molar refractivity (Wildman–Crippen MR) is 105 cm³/mol. The summed E-state index contributed by atoms with van der Waals surface area (Å²) in [5, 5.41) is 3.21. The summed E-state index contributed by atoms with van der Waals surface area (Å²) in [5.41, 5.74) is 0.0225. The van der Waals surface area contributed by atoms with Crippen molar-refractivity contribution in [2.75, 3.05) is 12.4 Å². The van der Waals surface area contributed by atoms with Gasteiger partial charge in [-0.1, -0.05) is 20.8 Å². The Labute approximate surface area is 162 Å². The van der Waals surface area contributed by atoms with Gasteiger partial charge in [0.15, 0.2) is 0 Å². The van der Waals surface area contributed by atoms with E-state index >= 15 is 0 Å². The van der Waals surface area contributed by atoms with Crippen LogP contribution in [0.25, 0.3) is 0 Å². The number of thioether (sulfide) groups is 1. The smallest absolute Gasteiger partial charge is 0.408 e. The van der Waals surface area contributed by atoms with Gasteiger partial charge in [0.25, 0.3) is 0 Å². The quantitative estimate of drug-likeness (QED) is 0.687. The van der Waals surface area contributed by atoms with Crippen molar-refractivity contribution in [2.45, 2.75) is 84.6 Å². The molecule has 4 atom stereocenters. The third-order valence-corrected chi connectivity index (χ3v) is 8.08. The molecule has 5 nitrogen and oxygen atoms in total. The van der Waals surface area contributed by atoms with E-state index < -0.39 is 23.7 Å². The third-order valence-electron chi connectivity index (χ3n) is 6.44. The molecule has 26 heavy (non-hydrogen) atoms. The Morgan fingerprint density at radius 1 is 1.27 bits per heavy atom. The molecule has 150 valence electrons. The van der Waals surface area contributed by atoms with Crippen LogP contribution in [0.15, 0.2) is 0 Å². The first kappa shape index (κ1) is 21.4. The Bertz CT molecular complexity index is 542. The molecule has 0 aromatic carbocycles. The lowest BCUT2D eigenvalue weighted by Gasteiger charge is -2.39. The molecule has 1 N–H and O–H groups in total. The third kappa shape index (κ3) is 4.32. The van der Waals surface area contributed by atoms with Gasteiger partial charge in [-0.3, -0.25) is 0 Å². The lowest BCUT2D eigenvalue weighted by atomic mass is 9.71. The number of hydrogen-bond acceptors (Lipinski definition) is 5. The SMILES string of the molecule is CCOC(=O)[C@H](CSC1CC2CCC1(C)C2(C)C)NC(=O)OC(C)(C)C. The average molecular weight is 386 g/mol. The molecule has 0 spiro atoms. The molecule has 0 aromatic rings. The van der Waals surface area contributed by atoms with Gasteiger partial charge in [-0.2, -0.15) is 11.8 Å². The monoisotopic (exact) mass is 385 g/mol. The van der Waals surface area contributed by atoms with E-state index in [2.05, 4.69) is 26.1 Å². The number of amides is 1. The van der Waals surface area contributed by atoms with Crippen molar-refractivity contribution in [2.24, 2.45) is 16.7 Å². The number of esters is 1. The van der Waals surface area contributed by atoms with E-state index in [9.17, 15) is 9.59 Å². The normalized spacial score (nSPS) is 30.7. The molecule has 2 saturated carbocycles. The first-order chi connectivity index (χ1) is 11.9. The fraction of sp³-hybridized carbons (Fsp3) is 0.900. The van der Waals surface area contributed by atoms with Crippen molar-refractivity contribution in [1.82, 2.24) is 5.32 Å². The van der Waals surface area contributed by atoms with Crippen molar-refractivity contribution in [3.63, 3.8) is 0 Å². The van der Waals surface area contributed by atoms with Crippen LogP contribution in [-0.2, 0) is 14.3 Å². The topological polar surface area (TPSA) is 64.6 Å². The zero-order valence-corrected chi connectivity index (χ0v) is 18.1. The number of hydrogen-bond donors (Lipinski definition) is 1. The lowest BCUT2D eigenvalue weighted by molar-refractivity contribution is -0.145. The Hall–Kier alpha value is -0.910. The Morgan fingerprint density at radius 3 is 2.38 bits per heavy atom. The van der Waals surface area contributed by atoms with Crippen molar-refractivity contribution < 1.29 is 19.1 Å². The molecule has 2 fully saturated rings. The summed E-state index contributed by atoms with van der Waals surface area (Å²) in [6, 6.07) is -0.680. The van der Waals surface area contributed by atoms with Gasteiger partial charge < -0.3 is 14.8 Å². The summed E-state index contributed by atoms with van der Waals surface area (Å²) >= 11 is 1.80. The number of carbonyl (C=O) groups is 2. The molecule has 3 unspecified atom stereocenters. The molecule has 0 heterocycles. The largest absolute Gasteiger partial charge is 0.464 e. The van der Waals surface area contributed by atoms with Crippen molar-refractivity contribution >= 4 is 23.8 Å². The molecule has 0 aromatic heterocycles. The van der Waals surface area contributed by atoms with Crippen LogP contribution in [0.3, 0.4) is 0 Å². The number of carbonyl (C=O) groups excluding carboxylic acids is 2. The van der Waals surface area contributed by atoms with E-state index in [1.807, 2.05) is 0 Å². The number of ether oxygens (including phenoxy) is 2. The molecule has 2 aliphatic carbocycles. The molecule has 2 bridgehead atoms. The Balaban J connectivity index is 1.99. The van der Waals surface area contributed by atoms with Gasteiger partial charge >= 0.3 is 12.1 Å². The molecule has 0 aliphatic heterocycles. The minimum atomic E-state index is -0.680. The van der Waals surface area contributed by atoms with Crippen LogP contribution in [0.5, 0.6) is 0 Å². The minimum Gasteiger partial charge on any atom is -0.464 e. The van der Waals surface area contributed by atoms with E-state index in [1.54, 1.807) is 39.5 Å². The second-order valence-electron chi connectivity index (χ2n) is 9.38. The van der Waals surface area contributed by atoms with Gasteiger partial charge in [0.1, 0.15) is 11.6 Å². The van der Waals surface area contributed by atoms with E-state index in [-0.39, 0.29) is 5.41 Å². The van der Waals surface area contributed by atoms with Crippen molar-refractivity contribution in [1.29, 1.82) is 0 Å². The van der Waals surface area contributed by atoms with Gasteiger partial charge in [0.2, 0.25) is 0 Å². The first-order valence-electron chi connectivity index (χ1n) is 9.68. The van der Waals surface area contributed by atoms with Gasteiger partial charge in [-0.25, -0.2) is 9.59 Å². The van der Waals surface area contributed by atoms with Gasteiger partial charge in [0.05, 0.1) is 6.61 Å². The lowest BCUT2D eigenvalue weighted by Crippen LogP contribution is -2.46. The van der Waals surface area contributed by atoms with Crippen LogP contribution in [0.1, 0.15) is 67.7 Å². The van der Waals surface area contributed by atoms with Crippen molar-refractivity contribution in [3.05, 3.63) is 0 Å². The van der Waals surface area contributed by atoms with Crippen LogP contribution in [-0.4, -0.2) is 41.3 Å². The summed E-state index contributed by atoms with van der Waals surface area (Å²) in [4.78, 5) is 24.4. The molecule has 6 heteroatoms. The summed E-state index contributed by atoms with van der Waals surface area (Å²) in [7, 11) is 0. The molecular formula is C20H35NO4S. The minimum absolute atomic E-state index is 0.285. The molecule has 0 radical (unpaired) electrons. The summed E-state index contributed by atoms with van der Waals surface area (Å²) in [6.45, 7) is 14.6. The second kappa shape index (κ2) is 7.61. The molecule has 0 saturated heterocycles. The van der Waals surface area contributed by atoms with Crippen LogP contribution in [0, 0.1) is 16.7 Å². The summed E-state index contributed by atoms with van der Waals surface area (Å²) in [5.74, 6) is 0.879. The zero-order valence-electron chi connectivity index (χ0n) is 17.3. The maximum absolute atomic E-state index is 12.3. The fourth-order valence-corrected chi connectivity index (χ4v) is 6.26. The van der Waals surface area contributed by atoms with E-state index in [0.29, 0.717) is 23.0 Å². The summed E-state index contributed by atoms with van der Waals surface area (Å²) < 4.78 is 10.5. The first-order valence-corrected chi connectivity index (χ1v) is 10.7. The fourth-order valence-electron chi connectivity index (χ4n) is 4.46. The van der Waals surface area contributed by atoms with Gasteiger partial charge in [0, 0.05) is 11.0 Å². The number of alkyl carbamates (subject to hydrolysis) is 1. The van der Waals surface area contributed by atoms with Gasteiger partial charge in [-0.05, 0) is 63.7 Å². The molecule has 2 aliphatic rings. The standard InChI is InChI=1S/C20H35NO4S/c1-8-24-16(22)14(21-17(23)25-18(2,3)4)12-26-15-11-13-9-10-20(15,7)19(13,5)6/h13-15H,8-12H2,1-7H3,(H,21,23)/t13?,14-,15?,20?/m0/s1. The highest BCUT2D eigenvalue weighted by molar-refractivity contribution is 8.00. The highest BCUT2D eigenvalue weighted by atomic mass is 32.2. The zero-order chi connectivity index (χ0) is 19.8. The molecule has 1 amide bonds. The average Bonchev–Trinajstić information content (AvgIpc) is 2.82. The maximum atomic E-state index is 12.3. The maximum Gasteiger partial charge on any atom is 0.408 e. The number of fused-ring (bicyclic) bond motifs is 2. The van der Waals surface area contributed by atoms with Crippen LogP contribution < -0.4 is 5.32 Å².